The van der Waals surface area contributed by atoms with E-state index in [0.29, 0.717) is 19.6 Å². The van der Waals surface area contributed by atoms with Crippen LogP contribution in [0.3, 0.4) is 0 Å². The van der Waals surface area contributed by atoms with Gasteiger partial charge in [-0.05, 0) is 18.4 Å². The minimum Gasteiger partial charge on any atom is -0.488 e. The second kappa shape index (κ2) is 8.46. The van der Waals surface area contributed by atoms with Crippen LogP contribution < -0.4 is 10.1 Å². The zero-order valence-corrected chi connectivity index (χ0v) is 15.2. The standard InChI is InChI=1S/C18H20F2N2O3S/c1-12-9-21-4-5-22(12)18(23)25-11-15-16(19)7-13(8-17(15)20)24-10-14-3-2-6-26-14/h2-3,6-8,12,21H,4-5,9-11H2,1H3/t12-/m1/s1. The van der Waals surface area contributed by atoms with Crippen molar-refractivity contribution in [1.29, 1.82) is 0 Å². The quantitative estimate of drug-likeness (QED) is 0.860. The molecule has 0 spiro atoms. The Kier molecular flexibility index (Phi) is 6.05. The van der Waals surface area contributed by atoms with Crippen LogP contribution in [0.5, 0.6) is 5.75 Å². The number of carbonyl (C=O) groups excluding carboxylic acids is 1. The van der Waals surface area contributed by atoms with E-state index in [-0.39, 0.29) is 24.0 Å². The van der Waals surface area contributed by atoms with Crippen LogP contribution in [0.25, 0.3) is 0 Å². The maximum atomic E-state index is 14.2. The predicted octanol–water partition coefficient (Wildman–Crippen LogP) is 3.54. The van der Waals surface area contributed by atoms with Gasteiger partial charge in [-0.1, -0.05) is 6.07 Å². The van der Waals surface area contributed by atoms with Crippen LogP contribution in [0.4, 0.5) is 13.6 Å². The van der Waals surface area contributed by atoms with Crippen LogP contribution in [0.2, 0.25) is 0 Å². The van der Waals surface area contributed by atoms with Crippen LogP contribution >= 0.6 is 11.3 Å². The van der Waals surface area contributed by atoms with Gasteiger partial charge in [-0.3, -0.25) is 0 Å². The van der Waals surface area contributed by atoms with Crippen molar-refractivity contribution in [2.24, 2.45) is 0 Å². The van der Waals surface area contributed by atoms with Gasteiger partial charge >= 0.3 is 6.09 Å². The lowest BCUT2D eigenvalue weighted by Gasteiger charge is -2.33. The number of nitrogens with zero attached hydrogens (tertiary/aromatic N) is 1. The van der Waals surface area contributed by atoms with Gasteiger partial charge in [0.05, 0.1) is 5.56 Å². The van der Waals surface area contributed by atoms with Crippen LogP contribution in [0, 0.1) is 11.6 Å². The Hall–Kier alpha value is -2.19. The van der Waals surface area contributed by atoms with E-state index in [1.807, 2.05) is 24.4 Å². The molecule has 1 aliphatic rings. The second-order valence-electron chi connectivity index (χ2n) is 6.03. The number of piperazine rings is 1. The maximum Gasteiger partial charge on any atom is 0.410 e. The zero-order valence-electron chi connectivity index (χ0n) is 14.3. The normalized spacial score (nSPS) is 17.2. The van der Waals surface area contributed by atoms with E-state index in [4.69, 9.17) is 9.47 Å². The number of hydrogen-bond donors (Lipinski definition) is 1. The fourth-order valence-electron chi connectivity index (χ4n) is 2.68. The van der Waals surface area contributed by atoms with Gasteiger partial charge in [0.25, 0.3) is 0 Å². The van der Waals surface area contributed by atoms with Gasteiger partial charge in [0.2, 0.25) is 0 Å². The van der Waals surface area contributed by atoms with Crippen LogP contribution in [-0.2, 0) is 18.0 Å². The lowest BCUT2D eigenvalue weighted by atomic mass is 10.2. The number of ether oxygens (including phenoxy) is 2. The summed E-state index contributed by atoms with van der Waals surface area (Å²) in [5.74, 6) is -1.50. The molecule has 1 saturated heterocycles. The number of hydrogen-bond acceptors (Lipinski definition) is 5. The molecule has 0 unspecified atom stereocenters. The minimum atomic E-state index is -0.799. The van der Waals surface area contributed by atoms with Gasteiger partial charge in [-0.25, -0.2) is 13.6 Å². The molecule has 0 aliphatic carbocycles. The Balaban J connectivity index is 1.60. The van der Waals surface area contributed by atoms with Crippen molar-refractivity contribution >= 4 is 17.4 Å². The molecular formula is C18H20F2N2O3S. The molecule has 1 aromatic carbocycles. The average molecular weight is 382 g/mol. The van der Waals surface area contributed by atoms with E-state index < -0.39 is 24.3 Å². The van der Waals surface area contributed by atoms with Crippen molar-refractivity contribution in [3.8, 4) is 5.75 Å². The van der Waals surface area contributed by atoms with Crippen LogP contribution in [-0.4, -0.2) is 36.7 Å². The number of halogens is 2. The van der Waals surface area contributed by atoms with Gasteiger partial charge in [0.15, 0.2) is 0 Å². The molecule has 1 amide bonds. The summed E-state index contributed by atoms with van der Waals surface area (Å²) < 4.78 is 38.9. The molecular weight excluding hydrogens is 362 g/mol. The first-order chi connectivity index (χ1) is 12.5. The van der Waals surface area contributed by atoms with Crippen molar-refractivity contribution in [3.63, 3.8) is 0 Å². The average Bonchev–Trinajstić information content (AvgIpc) is 3.13. The number of carbonyl (C=O) groups is 1. The maximum absolute atomic E-state index is 14.2. The molecule has 1 fully saturated rings. The zero-order chi connectivity index (χ0) is 18.5. The van der Waals surface area contributed by atoms with E-state index in [1.165, 1.54) is 11.3 Å². The molecule has 3 rings (SSSR count). The van der Waals surface area contributed by atoms with Gasteiger partial charge in [0, 0.05) is 42.7 Å². The topological polar surface area (TPSA) is 50.8 Å². The van der Waals surface area contributed by atoms with E-state index >= 15 is 0 Å². The first-order valence-corrected chi connectivity index (χ1v) is 9.20. The lowest BCUT2D eigenvalue weighted by molar-refractivity contribution is 0.0744. The Morgan fingerprint density at radius 2 is 2.12 bits per heavy atom. The predicted molar refractivity (Wildman–Crippen MR) is 94.2 cm³/mol. The summed E-state index contributed by atoms with van der Waals surface area (Å²) in [6, 6.07) is 5.93. The Labute approximate surface area is 154 Å². The first kappa shape index (κ1) is 18.6. The molecule has 0 radical (unpaired) electrons. The molecule has 5 nitrogen and oxygen atoms in total. The van der Waals surface area contributed by atoms with Crippen molar-refractivity contribution < 1.29 is 23.0 Å². The Bertz CT molecular complexity index is 732. The first-order valence-electron chi connectivity index (χ1n) is 8.32. The molecule has 140 valence electrons. The number of thiophene rings is 1. The summed E-state index contributed by atoms with van der Waals surface area (Å²) in [6.45, 7) is 3.49. The summed E-state index contributed by atoms with van der Waals surface area (Å²) in [5, 5.41) is 5.06. The van der Waals surface area contributed by atoms with Crippen molar-refractivity contribution in [1.82, 2.24) is 10.2 Å². The highest BCUT2D eigenvalue weighted by Crippen LogP contribution is 2.23. The Morgan fingerprint density at radius 1 is 1.35 bits per heavy atom. The number of rotatable bonds is 5. The molecule has 1 N–H and O–H groups in total. The molecule has 0 bridgehead atoms. The van der Waals surface area contributed by atoms with Gasteiger partial charge in [0.1, 0.15) is 30.6 Å². The minimum absolute atomic E-state index is 0.0287. The third kappa shape index (κ3) is 4.50. The van der Waals surface area contributed by atoms with E-state index in [0.717, 1.165) is 17.0 Å². The summed E-state index contributed by atoms with van der Waals surface area (Å²) >= 11 is 1.50. The summed E-state index contributed by atoms with van der Waals surface area (Å²) in [7, 11) is 0. The number of nitrogens with one attached hydrogen (secondary N) is 1. The van der Waals surface area contributed by atoms with E-state index in [1.54, 1.807) is 4.90 Å². The fourth-order valence-corrected chi connectivity index (χ4v) is 3.30. The van der Waals surface area contributed by atoms with E-state index in [9.17, 15) is 13.6 Å². The summed E-state index contributed by atoms with van der Waals surface area (Å²) in [4.78, 5) is 14.6. The third-order valence-corrected chi connectivity index (χ3v) is 5.00. The molecule has 0 saturated carbocycles. The molecule has 1 aliphatic heterocycles. The fraction of sp³-hybridized carbons (Fsp3) is 0.389. The van der Waals surface area contributed by atoms with Gasteiger partial charge < -0.3 is 19.7 Å². The number of amides is 1. The summed E-state index contributed by atoms with van der Waals surface area (Å²) in [6.07, 6.45) is -0.573. The van der Waals surface area contributed by atoms with Crippen molar-refractivity contribution in [3.05, 3.63) is 51.7 Å². The monoisotopic (exact) mass is 382 g/mol. The van der Waals surface area contributed by atoms with Gasteiger partial charge in [-0.2, -0.15) is 0 Å². The summed E-state index contributed by atoms with van der Waals surface area (Å²) in [5.41, 5.74) is -0.287. The molecule has 2 aromatic rings. The lowest BCUT2D eigenvalue weighted by Crippen LogP contribution is -2.52. The highest BCUT2D eigenvalue weighted by molar-refractivity contribution is 7.09. The smallest absolute Gasteiger partial charge is 0.410 e. The van der Waals surface area contributed by atoms with E-state index in [2.05, 4.69) is 5.32 Å². The molecule has 2 heterocycles. The SMILES string of the molecule is C[C@@H]1CNCCN1C(=O)OCc1c(F)cc(OCc2cccs2)cc1F. The number of benzene rings is 1. The molecule has 1 atom stereocenters. The molecule has 8 heteroatoms. The second-order valence-corrected chi connectivity index (χ2v) is 7.07. The van der Waals surface area contributed by atoms with Gasteiger partial charge in [-0.15, -0.1) is 11.3 Å². The van der Waals surface area contributed by atoms with Crippen molar-refractivity contribution in [2.45, 2.75) is 26.2 Å². The van der Waals surface area contributed by atoms with Crippen LogP contribution in [0.15, 0.2) is 29.6 Å². The highest BCUT2D eigenvalue weighted by atomic mass is 32.1. The van der Waals surface area contributed by atoms with Crippen molar-refractivity contribution in [2.75, 3.05) is 19.6 Å². The highest BCUT2D eigenvalue weighted by Gasteiger charge is 2.25. The largest absolute Gasteiger partial charge is 0.488 e. The third-order valence-electron chi connectivity index (χ3n) is 4.15. The molecule has 1 aromatic heterocycles. The Morgan fingerprint density at radius 3 is 2.77 bits per heavy atom. The van der Waals surface area contributed by atoms with Crippen LogP contribution in [0.1, 0.15) is 17.4 Å². The molecule has 26 heavy (non-hydrogen) atoms.